The number of hydrogen-bond acceptors (Lipinski definition) is 3. The van der Waals surface area contributed by atoms with Crippen LogP contribution in [-0.2, 0) is 0 Å². The molecule has 1 aromatic heterocycles. The molecule has 0 aliphatic heterocycles. The molecule has 1 aliphatic rings. The second-order valence-electron chi connectivity index (χ2n) is 5.38. The number of carbonyl (C=O) groups is 1. The predicted octanol–water partition coefficient (Wildman–Crippen LogP) is 2.10. The quantitative estimate of drug-likeness (QED) is 0.787. The van der Waals surface area contributed by atoms with E-state index in [1.165, 1.54) is 18.3 Å². The average molecular weight is 325 g/mol. The Labute approximate surface area is 133 Å². The topological polar surface area (TPSA) is 83.8 Å². The first-order chi connectivity index (χ1) is 10.1. The summed E-state index contributed by atoms with van der Waals surface area (Å²) in [5.41, 5.74) is 7.69. The molecule has 22 heavy (non-hydrogen) atoms. The van der Waals surface area contributed by atoms with E-state index in [4.69, 9.17) is 5.73 Å². The van der Waals surface area contributed by atoms with Crippen LogP contribution in [0, 0.1) is 11.7 Å². The summed E-state index contributed by atoms with van der Waals surface area (Å²) in [6, 6.07) is 5.92. The number of aromatic nitrogens is 2. The Morgan fingerprint density at radius 1 is 1.41 bits per heavy atom. The van der Waals surface area contributed by atoms with E-state index in [0.717, 1.165) is 12.8 Å². The highest BCUT2D eigenvalue weighted by Crippen LogP contribution is 2.31. The van der Waals surface area contributed by atoms with Crippen molar-refractivity contribution in [2.24, 2.45) is 11.7 Å². The van der Waals surface area contributed by atoms with Gasteiger partial charge in [0.2, 0.25) is 0 Å². The summed E-state index contributed by atoms with van der Waals surface area (Å²) < 4.78 is 13.0. The number of benzene rings is 1. The average Bonchev–Trinajstić information content (AvgIpc) is 3.23. The molecule has 1 aliphatic carbocycles. The zero-order valence-electron chi connectivity index (χ0n) is 11.9. The van der Waals surface area contributed by atoms with Crippen molar-refractivity contribution in [2.45, 2.75) is 18.9 Å². The van der Waals surface area contributed by atoms with Crippen LogP contribution in [0.4, 0.5) is 4.39 Å². The highest BCUT2D eigenvalue weighted by molar-refractivity contribution is 5.99. The molecule has 1 aromatic carbocycles. The van der Waals surface area contributed by atoms with Gasteiger partial charge in [-0.2, -0.15) is 5.10 Å². The van der Waals surface area contributed by atoms with Gasteiger partial charge < -0.3 is 11.1 Å². The molecule has 0 bridgehead atoms. The van der Waals surface area contributed by atoms with E-state index >= 15 is 0 Å². The van der Waals surface area contributed by atoms with Crippen LogP contribution in [0.5, 0.6) is 0 Å². The maximum atomic E-state index is 13.0. The number of amides is 1. The van der Waals surface area contributed by atoms with Gasteiger partial charge in [-0.25, -0.2) is 4.39 Å². The van der Waals surface area contributed by atoms with Crippen molar-refractivity contribution < 1.29 is 9.18 Å². The van der Waals surface area contributed by atoms with E-state index in [0.29, 0.717) is 29.3 Å². The molecule has 3 rings (SSSR count). The van der Waals surface area contributed by atoms with Gasteiger partial charge in [-0.1, -0.05) is 0 Å². The van der Waals surface area contributed by atoms with Gasteiger partial charge in [0, 0.05) is 18.2 Å². The van der Waals surface area contributed by atoms with Crippen molar-refractivity contribution in [3.8, 4) is 11.3 Å². The van der Waals surface area contributed by atoms with Gasteiger partial charge in [0.25, 0.3) is 5.91 Å². The zero-order chi connectivity index (χ0) is 14.8. The largest absolute Gasteiger partial charge is 0.350 e. The second kappa shape index (κ2) is 6.89. The molecule has 1 heterocycles. The van der Waals surface area contributed by atoms with Crippen molar-refractivity contribution in [1.82, 2.24) is 15.5 Å². The van der Waals surface area contributed by atoms with Gasteiger partial charge in [-0.15, -0.1) is 12.4 Å². The molecular formula is C15H18ClFN4O. The summed E-state index contributed by atoms with van der Waals surface area (Å²) in [5.74, 6) is -0.00920. The molecule has 7 heteroatoms. The standard InChI is InChI=1S/C15H17FN4O.ClH/c16-11-5-3-10(4-6-11)14-12(7-19-20-14)15(21)18-8-13(17)9-1-2-9;/h3-7,9,13H,1-2,8,17H2,(H,18,21)(H,19,20);1H. The summed E-state index contributed by atoms with van der Waals surface area (Å²) in [6.07, 6.45) is 3.75. The Morgan fingerprint density at radius 3 is 2.73 bits per heavy atom. The van der Waals surface area contributed by atoms with Gasteiger partial charge in [0.05, 0.1) is 17.5 Å². The van der Waals surface area contributed by atoms with E-state index in [1.54, 1.807) is 12.1 Å². The van der Waals surface area contributed by atoms with Gasteiger partial charge in [-0.3, -0.25) is 9.89 Å². The number of nitrogens with one attached hydrogen (secondary N) is 2. The Hall–Kier alpha value is -1.92. The molecule has 0 radical (unpaired) electrons. The van der Waals surface area contributed by atoms with Crippen LogP contribution in [0.15, 0.2) is 30.5 Å². The molecule has 2 aromatic rings. The third kappa shape index (κ3) is 3.64. The lowest BCUT2D eigenvalue weighted by atomic mass is 10.1. The lowest BCUT2D eigenvalue weighted by molar-refractivity contribution is 0.0951. The molecule has 4 N–H and O–H groups in total. The van der Waals surface area contributed by atoms with Gasteiger partial charge >= 0.3 is 0 Å². The number of aromatic amines is 1. The summed E-state index contributed by atoms with van der Waals surface area (Å²) in [4.78, 5) is 12.2. The number of hydrogen-bond donors (Lipinski definition) is 3. The summed E-state index contributed by atoms with van der Waals surface area (Å²) in [6.45, 7) is 0.456. The highest BCUT2D eigenvalue weighted by Gasteiger charge is 2.28. The second-order valence-corrected chi connectivity index (χ2v) is 5.38. The Kier molecular flexibility index (Phi) is 5.15. The molecule has 0 saturated heterocycles. The Bertz CT molecular complexity index is 639. The molecule has 1 fully saturated rings. The van der Waals surface area contributed by atoms with Gasteiger partial charge in [0.1, 0.15) is 5.82 Å². The Morgan fingerprint density at radius 2 is 2.09 bits per heavy atom. The number of carbonyl (C=O) groups excluding carboxylic acids is 1. The van der Waals surface area contributed by atoms with Crippen LogP contribution in [0.1, 0.15) is 23.2 Å². The smallest absolute Gasteiger partial charge is 0.255 e. The fraction of sp³-hybridized carbons (Fsp3) is 0.333. The van der Waals surface area contributed by atoms with Gasteiger partial charge in [-0.05, 0) is 43.0 Å². The fourth-order valence-electron chi connectivity index (χ4n) is 2.29. The molecule has 5 nitrogen and oxygen atoms in total. The summed E-state index contributed by atoms with van der Waals surface area (Å²) in [7, 11) is 0. The van der Waals surface area contributed by atoms with Crippen molar-refractivity contribution in [3.05, 3.63) is 41.8 Å². The number of nitrogens with two attached hydrogens (primary N) is 1. The minimum absolute atomic E-state index is 0. The maximum Gasteiger partial charge on any atom is 0.255 e. The Balaban J connectivity index is 0.00000176. The van der Waals surface area contributed by atoms with Crippen molar-refractivity contribution in [1.29, 1.82) is 0 Å². The van der Waals surface area contributed by atoms with Crippen LogP contribution in [0.2, 0.25) is 0 Å². The van der Waals surface area contributed by atoms with E-state index < -0.39 is 0 Å². The van der Waals surface area contributed by atoms with E-state index in [1.807, 2.05) is 0 Å². The fourth-order valence-corrected chi connectivity index (χ4v) is 2.29. The minimum atomic E-state index is -0.320. The maximum absolute atomic E-state index is 13.0. The molecule has 118 valence electrons. The minimum Gasteiger partial charge on any atom is -0.350 e. The first-order valence-electron chi connectivity index (χ1n) is 6.98. The third-order valence-electron chi connectivity index (χ3n) is 3.74. The predicted molar refractivity (Wildman–Crippen MR) is 84.3 cm³/mol. The first kappa shape index (κ1) is 16.5. The van der Waals surface area contributed by atoms with Crippen LogP contribution < -0.4 is 11.1 Å². The zero-order valence-corrected chi connectivity index (χ0v) is 12.7. The van der Waals surface area contributed by atoms with Crippen molar-refractivity contribution in [2.75, 3.05) is 6.54 Å². The van der Waals surface area contributed by atoms with Crippen LogP contribution in [0.25, 0.3) is 11.3 Å². The number of H-pyrrole nitrogens is 1. The highest BCUT2D eigenvalue weighted by atomic mass is 35.5. The van der Waals surface area contributed by atoms with Crippen molar-refractivity contribution >= 4 is 18.3 Å². The van der Waals surface area contributed by atoms with Crippen molar-refractivity contribution in [3.63, 3.8) is 0 Å². The number of halogens is 2. The molecule has 1 saturated carbocycles. The monoisotopic (exact) mass is 324 g/mol. The lowest BCUT2D eigenvalue weighted by Gasteiger charge is -2.11. The normalized spacial score (nSPS) is 15.0. The van der Waals surface area contributed by atoms with E-state index in [9.17, 15) is 9.18 Å². The molecule has 1 amide bonds. The lowest BCUT2D eigenvalue weighted by Crippen LogP contribution is -2.38. The van der Waals surface area contributed by atoms with Crippen LogP contribution in [-0.4, -0.2) is 28.7 Å². The molecule has 1 unspecified atom stereocenters. The molecule has 1 atom stereocenters. The van der Waals surface area contributed by atoms with Gasteiger partial charge in [0.15, 0.2) is 0 Å². The number of rotatable bonds is 5. The van der Waals surface area contributed by atoms with Crippen LogP contribution >= 0.6 is 12.4 Å². The SMILES string of the molecule is Cl.NC(CNC(=O)c1cn[nH]c1-c1ccc(F)cc1)C1CC1. The van der Waals surface area contributed by atoms with E-state index in [-0.39, 0.29) is 30.2 Å². The number of nitrogens with zero attached hydrogens (tertiary/aromatic N) is 1. The summed E-state index contributed by atoms with van der Waals surface area (Å²) in [5, 5.41) is 9.52. The summed E-state index contributed by atoms with van der Waals surface area (Å²) >= 11 is 0. The van der Waals surface area contributed by atoms with Crippen LogP contribution in [0.3, 0.4) is 0 Å². The van der Waals surface area contributed by atoms with E-state index in [2.05, 4.69) is 15.5 Å². The molecular weight excluding hydrogens is 307 g/mol. The molecule has 0 spiro atoms. The first-order valence-corrected chi connectivity index (χ1v) is 6.98. The third-order valence-corrected chi connectivity index (χ3v) is 3.74.